The van der Waals surface area contributed by atoms with Gasteiger partial charge in [-0.15, -0.1) is 0 Å². The highest BCUT2D eigenvalue weighted by Gasteiger charge is 2.23. The fraction of sp³-hybridized carbons (Fsp3) is 0.0263. The van der Waals surface area contributed by atoms with E-state index in [0.717, 1.165) is 56.0 Å². The molecule has 6 aromatic carbocycles. The molecule has 0 saturated heterocycles. The molecule has 42 heavy (non-hydrogen) atoms. The third kappa shape index (κ3) is 4.96. The molecule has 198 valence electrons. The first kappa shape index (κ1) is 25.2. The van der Waals surface area contributed by atoms with Crippen molar-refractivity contribution in [2.75, 3.05) is 0 Å². The van der Waals surface area contributed by atoms with Crippen LogP contribution in [0.5, 0.6) is 0 Å². The molecule has 0 spiro atoms. The Morgan fingerprint density at radius 1 is 0.500 bits per heavy atom. The number of aliphatic imine (C=N–C) groups is 2. The molecule has 0 saturated carbocycles. The van der Waals surface area contributed by atoms with Gasteiger partial charge in [-0.2, -0.15) is 5.26 Å². The lowest BCUT2D eigenvalue weighted by Crippen LogP contribution is -2.36. The Balaban J connectivity index is 1.35. The molecule has 0 fully saturated rings. The summed E-state index contributed by atoms with van der Waals surface area (Å²) in [6.45, 7) is 0. The summed E-state index contributed by atoms with van der Waals surface area (Å²) in [6, 6.07) is 51.8. The maximum Gasteiger partial charge on any atom is 0.169 e. The predicted octanol–water partition coefficient (Wildman–Crippen LogP) is 8.54. The van der Waals surface area contributed by atoms with E-state index in [1.165, 1.54) is 5.39 Å². The molecule has 1 aliphatic rings. The molecular formula is C38H26N4. The van der Waals surface area contributed by atoms with Gasteiger partial charge in [0, 0.05) is 11.1 Å². The molecule has 4 nitrogen and oxygen atoms in total. The number of hydrogen-bond donors (Lipinski definition) is 1. The molecule has 1 N–H and O–H groups in total. The summed E-state index contributed by atoms with van der Waals surface area (Å²) in [6.07, 6.45) is -0.365. The summed E-state index contributed by atoms with van der Waals surface area (Å²) in [5.74, 6) is 1.58. The number of fused-ring (bicyclic) bond motifs is 1. The lowest BCUT2D eigenvalue weighted by Gasteiger charge is -2.24. The molecule has 1 aliphatic heterocycles. The minimum Gasteiger partial charge on any atom is -0.324 e. The fourth-order valence-electron chi connectivity index (χ4n) is 5.36. The number of benzene rings is 6. The Hall–Kier alpha value is -5.79. The zero-order chi connectivity index (χ0) is 28.3. The zero-order valence-electron chi connectivity index (χ0n) is 22.8. The van der Waals surface area contributed by atoms with Gasteiger partial charge in [0.15, 0.2) is 6.17 Å². The van der Waals surface area contributed by atoms with Crippen LogP contribution in [-0.2, 0) is 0 Å². The summed E-state index contributed by atoms with van der Waals surface area (Å²) >= 11 is 0. The molecule has 1 atom stereocenters. The van der Waals surface area contributed by atoms with Crippen molar-refractivity contribution in [2.45, 2.75) is 6.17 Å². The van der Waals surface area contributed by atoms with E-state index in [4.69, 9.17) is 15.2 Å². The summed E-state index contributed by atoms with van der Waals surface area (Å²) in [5.41, 5.74) is 8.09. The van der Waals surface area contributed by atoms with Crippen LogP contribution in [0.1, 0.15) is 28.4 Å². The van der Waals surface area contributed by atoms with Crippen molar-refractivity contribution in [3.63, 3.8) is 0 Å². The molecule has 1 heterocycles. The highest BCUT2D eigenvalue weighted by molar-refractivity contribution is 6.19. The summed E-state index contributed by atoms with van der Waals surface area (Å²) < 4.78 is 0. The Morgan fingerprint density at radius 3 is 1.67 bits per heavy atom. The van der Waals surface area contributed by atoms with E-state index in [2.05, 4.69) is 96.3 Å². The van der Waals surface area contributed by atoms with Gasteiger partial charge in [-0.05, 0) is 62.9 Å². The van der Waals surface area contributed by atoms with Gasteiger partial charge >= 0.3 is 0 Å². The average molecular weight is 539 g/mol. The Morgan fingerprint density at radius 2 is 1.02 bits per heavy atom. The molecule has 0 radical (unpaired) electrons. The second kappa shape index (κ2) is 11.0. The summed E-state index contributed by atoms with van der Waals surface area (Å²) in [5, 5.41) is 15.1. The van der Waals surface area contributed by atoms with Crippen LogP contribution in [0.2, 0.25) is 0 Å². The van der Waals surface area contributed by atoms with Crippen molar-refractivity contribution < 1.29 is 0 Å². The van der Waals surface area contributed by atoms with Crippen LogP contribution in [0.25, 0.3) is 33.0 Å². The highest BCUT2D eigenvalue weighted by atomic mass is 15.2. The predicted molar refractivity (Wildman–Crippen MR) is 171 cm³/mol. The van der Waals surface area contributed by atoms with Crippen molar-refractivity contribution in [2.24, 2.45) is 9.98 Å². The lowest BCUT2D eigenvalue weighted by atomic mass is 9.93. The van der Waals surface area contributed by atoms with Crippen molar-refractivity contribution in [1.29, 1.82) is 5.26 Å². The smallest absolute Gasteiger partial charge is 0.169 e. The summed E-state index contributed by atoms with van der Waals surface area (Å²) in [7, 11) is 0. The Bertz CT molecular complexity index is 1980. The molecular weight excluding hydrogens is 512 g/mol. The van der Waals surface area contributed by atoms with Gasteiger partial charge in [0.25, 0.3) is 0 Å². The molecule has 7 rings (SSSR count). The Labute approximate surface area is 245 Å². The second-order valence-corrected chi connectivity index (χ2v) is 10.2. The largest absolute Gasteiger partial charge is 0.324 e. The Kier molecular flexibility index (Phi) is 6.60. The minimum atomic E-state index is -0.365. The van der Waals surface area contributed by atoms with Crippen molar-refractivity contribution in [1.82, 2.24) is 5.32 Å². The fourth-order valence-corrected chi connectivity index (χ4v) is 5.36. The van der Waals surface area contributed by atoms with E-state index in [0.29, 0.717) is 5.56 Å². The molecule has 0 amide bonds. The van der Waals surface area contributed by atoms with Crippen LogP contribution in [0, 0.1) is 11.3 Å². The lowest BCUT2D eigenvalue weighted by molar-refractivity contribution is 0.756. The number of nitrogens with one attached hydrogen (secondary N) is 1. The third-order valence-electron chi connectivity index (χ3n) is 7.57. The van der Waals surface area contributed by atoms with Crippen LogP contribution in [-0.4, -0.2) is 11.7 Å². The maximum atomic E-state index is 9.16. The van der Waals surface area contributed by atoms with E-state index < -0.39 is 0 Å². The average Bonchev–Trinajstić information content (AvgIpc) is 3.08. The van der Waals surface area contributed by atoms with Crippen LogP contribution >= 0.6 is 0 Å². The van der Waals surface area contributed by atoms with E-state index in [-0.39, 0.29) is 6.17 Å². The molecule has 0 aliphatic carbocycles. The molecule has 0 bridgehead atoms. The first-order valence-corrected chi connectivity index (χ1v) is 13.9. The quantitative estimate of drug-likeness (QED) is 0.239. The second-order valence-electron chi connectivity index (χ2n) is 10.2. The SMILES string of the molecule is N#Cc1ccc(-c2ccc(-c3cc4ccccc4cc3C3=NC(c4ccccc4)N=C(c4ccccc4)N3)cc2)cc1. The van der Waals surface area contributed by atoms with Crippen molar-refractivity contribution >= 4 is 22.4 Å². The highest BCUT2D eigenvalue weighted by Crippen LogP contribution is 2.33. The minimum absolute atomic E-state index is 0.365. The van der Waals surface area contributed by atoms with Crippen LogP contribution in [0.3, 0.4) is 0 Å². The van der Waals surface area contributed by atoms with Gasteiger partial charge in [0.05, 0.1) is 11.6 Å². The number of amidine groups is 2. The van der Waals surface area contributed by atoms with Crippen LogP contribution < -0.4 is 5.32 Å². The van der Waals surface area contributed by atoms with Gasteiger partial charge in [0.1, 0.15) is 11.7 Å². The number of hydrogen-bond acceptors (Lipinski definition) is 4. The zero-order valence-corrected chi connectivity index (χ0v) is 22.8. The van der Waals surface area contributed by atoms with Gasteiger partial charge in [-0.25, -0.2) is 9.98 Å². The number of nitrogens with zero attached hydrogens (tertiary/aromatic N) is 3. The van der Waals surface area contributed by atoms with E-state index in [1.807, 2.05) is 60.7 Å². The van der Waals surface area contributed by atoms with Gasteiger partial charge in [0.2, 0.25) is 0 Å². The maximum absolute atomic E-state index is 9.16. The van der Waals surface area contributed by atoms with Gasteiger partial charge < -0.3 is 5.32 Å². The van der Waals surface area contributed by atoms with E-state index >= 15 is 0 Å². The molecule has 0 aromatic heterocycles. The molecule has 6 aromatic rings. The van der Waals surface area contributed by atoms with Crippen molar-refractivity contribution in [3.05, 3.63) is 168 Å². The molecule has 1 unspecified atom stereocenters. The van der Waals surface area contributed by atoms with Gasteiger partial charge in [-0.3, -0.25) is 0 Å². The van der Waals surface area contributed by atoms with Crippen LogP contribution in [0.15, 0.2) is 156 Å². The first-order chi connectivity index (χ1) is 20.7. The third-order valence-corrected chi connectivity index (χ3v) is 7.57. The number of rotatable bonds is 5. The number of nitriles is 1. The van der Waals surface area contributed by atoms with Crippen molar-refractivity contribution in [3.8, 4) is 28.3 Å². The standard InChI is InChI=1S/C38H26N4/c39-25-26-15-17-27(18-16-26)28-19-21-29(22-20-28)34-23-32-13-7-8-14-33(32)24-35(34)38-41-36(30-9-3-1-4-10-30)40-37(42-38)31-11-5-2-6-12-31/h1-24,36H,(H,40,41,42). The normalized spacial score (nSPS) is 14.4. The van der Waals surface area contributed by atoms with E-state index in [1.54, 1.807) is 0 Å². The first-order valence-electron chi connectivity index (χ1n) is 13.9. The molecule has 4 heteroatoms. The van der Waals surface area contributed by atoms with Gasteiger partial charge in [-0.1, -0.05) is 121 Å². The topological polar surface area (TPSA) is 60.5 Å². The summed E-state index contributed by atoms with van der Waals surface area (Å²) in [4.78, 5) is 10.2. The van der Waals surface area contributed by atoms with E-state index in [9.17, 15) is 0 Å². The monoisotopic (exact) mass is 538 g/mol. The van der Waals surface area contributed by atoms with Crippen LogP contribution in [0.4, 0.5) is 0 Å².